The summed E-state index contributed by atoms with van der Waals surface area (Å²) in [7, 11) is 0. The van der Waals surface area contributed by atoms with Gasteiger partial charge in [0, 0.05) is 18.7 Å². The standard InChI is InChI=1S/C31H37N3O5/c1-6-34(27(23-13-8-7-9-14-23)28(36)32-25-15-11-10-12-21(25)2)29(37)26(33-30(38)39-31(3,4)5)20-22-16-18-24(35)19-17-22/h7-19,26-27,35H,6,20H2,1-5H3,(H,32,36)(H,33,38). The van der Waals surface area contributed by atoms with Gasteiger partial charge in [0.25, 0.3) is 5.91 Å². The maximum absolute atomic E-state index is 14.1. The lowest BCUT2D eigenvalue weighted by atomic mass is 10.00. The Balaban J connectivity index is 1.98. The number of aromatic hydroxyl groups is 1. The van der Waals surface area contributed by atoms with Crippen LogP contribution in [0.25, 0.3) is 0 Å². The quantitative estimate of drug-likeness (QED) is 0.344. The van der Waals surface area contributed by atoms with Crippen molar-refractivity contribution in [2.24, 2.45) is 0 Å². The summed E-state index contributed by atoms with van der Waals surface area (Å²) < 4.78 is 5.43. The molecule has 0 saturated heterocycles. The number of nitrogens with one attached hydrogen (secondary N) is 2. The highest BCUT2D eigenvalue weighted by Crippen LogP contribution is 2.26. The van der Waals surface area contributed by atoms with Crippen molar-refractivity contribution in [1.82, 2.24) is 10.2 Å². The number of hydrogen-bond acceptors (Lipinski definition) is 5. The molecule has 0 aliphatic rings. The highest BCUT2D eigenvalue weighted by Gasteiger charge is 2.35. The fraction of sp³-hybridized carbons (Fsp3) is 0.323. The molecule has 0 heterocycles. The molecule has 2 atom stereocenters. The second kappa shape index (κ2) is 13.0. The van der Waals surface area contributed by atoms with Crippen LogP contribution in [0.2, 0.25) is 0 Å². The van der Waals surface area contributed by atoms with Gasteiger partial charge in [-0.1, -0.05) is 60.7 Å². The van der Waals surface area contributed by atoms with E-state index in [0.717, 1.165) is 11.1 Å². The molecule has 3 amide bonds. The van der Waals surface area contributed by atoms with Crippen molar-refractivity contribution in [3.05, 3.63) is 95.6 Å². The number of phenols is 1. The Hall–Kier alpha value is -4.33. The molecular weight excluding hydrogens is 494 g/mol. The maximum Gasteiger partial charge on any atom is 0.408 e. The lowest BCUT2D eigenvalue weighted by molar-refractivity contribution is -0.140. The SMILES string of the molecule is CCN(C(=O)C(Cc1ccc(O)cc1)NC(=O)OC(C)(C)C)C(C(=O)Nc1ccccc1C)c1ccccc1. The van der Waals surface area contributed by atoms with E-state index in [0.29, 0.717) is 11.3 Å². The van der Waals surface area contributed by atoms with E-state index in [9.17, 15) is 19.5 Å². The summed E-state index contributed by atoms with van der Waals surface area (Å²) >= 11 is 0. The van der Waals surface area contributed by atoms with Crippen LogP contribution in [-0.4, -0.2) is 46.1 Å². The molecule has 0 aromatic heterocycles. The van der Waals surface area contributed by atoms with Gasteiger partial charge in [0.05, 0.1) is 0 Å². The van der Waals surface area contributed by atoms with Crippen molar-refractivity contribution in [3.8, 4) is 5.75 Å². The van der Waals surface area contributed by atoms with Gasteiger partial charge in [-0.2, -0.15) is 0 Å². The molecule has 8 nitrogen and oxygen atoms in total. The summed E-state index contributed by atoms with van der Waals surface area (Å²) in [4.78, 5) is 42.1. The minimum atomic E-state index is -1.03. The maximum atomic E-state index is 14.1. The summed E-state index contributed by atoms with van der Waals surface area (Å²) in [6.07, 6.45) is -0.605. The van der Waals surface area contributed by atoms with Crippen LogP contribution in [0.4, 0.5) is 10.5 Å². The Bertz CT molecular complexity index is 1270. The minimum Gasteiger partial charge on any atom is -0.508 e. The Kier molecular flexibility index (Phi) is 9.71. The van der Waals surface area contributed by atoms with Crippen molar-refractivity contribution >= 4 is 23.6 Å². The number of nitrogens with zero attached hydrogens (tertiary/aromatic N) is 1. The number of ether oxygens (including phenoxy) is 1. The molecule has 8 heteroatoms. The highest BCUT2D eigenvalue weighted by molar-refractivity contribution is 5.99. The van der Waals surface area contributed by atoms with Crippen LogP contribution < -0.4 is 10.6 Å². The van der Waals surface area contributed by atoms with Crippen molar-refractivity contribution in [3.63, 3.8) is 0 Å². The van der Waals surface area contributed by atoms with Gasteiger partial charge in [0.1, 0.15) is 23.4 Å². The smallest absolute Gasteiger partial charge is 0.408 e. The molecule has 3 aromatic rings. The average molecular weight is 532 g/mol. The first kappa shape index (κ1) is 29.2. The first-order valence-electron chi connectivity index (χ1n) is 13.0. The third-order valence-electron chi connectivity index (χ3n) is 6.07. The van der Waals surface area contributed by atoms with Gasteiger partial charge in [-0.3, -0.25) is 9.59 Å². The summed E-state index contributed by atoms with van der Waals surface area (Å²) in [6.45, 7) is 9.12. The monoisotopic (exact) mass is 531 g/mol. The fourth-order valence-corrected chi connectivity index (χ4v) is 4.21. The number of carbonyl (C=O) groups is 3. The molecule has 0 aliphatic carbocycles. The van der Waals surface area contributed by atoms with E-state index in [-0.39, 0.29) is 24.6 Å². The van der Waals surface area contributed by atoms with Crippen molar-refractivity contribution in [2.45, 2.75) is 58.7 Å². The lowest BCUT2D eigenvalue weighted by Crippen LogP contribution is -2.53. The number of phenolic OH excluding ortho intramolecular Hbond substituents is 1. The Morgan fingerprint density at radius 3 is 2.13 bits per heavy atom. The van der Waals surface area contributed by atoms with E-state index in [2.05, 4.69) is 10.6 Å². The van der Waals surface area contributed by atoms with Crippen molar-refractivity contribution in [1.29, 1.82) is 0 Å². The number of rotatable bonds is 9. The van der Waals surface area contributed by atoms with E-state index >= 15 is 0 Å². The van der Waals surface area contributed by atoms with Gasteiger partial charge < -0.3 is 25.4 Å². The summed E-state index contributed by atoms with van der Waals surface area (Å²) in [5.74, 6) is -0.717. The van der Waals surface area contributed by atoms with Crippen LogP contribution in [0, 0.1) is 6.92 Å². The largest absolute Gasteiger partial charge is 0.508 e. The average Bonchev–Trinajstić information content (AvgIpc) is 2.88. The van der Waals surface area contributed by atoms with E-state index < -0.39 is 29.7 Å². The molecule has 0 saturated carbocycles. The van der Waals surface area contributed by atoms with E-state index in [1.165, 1.54) is 17.0 Å². The number of para-hydroxylation sites is 1. The normalized spacial score (nSPS) is 12.6. The lowest BCUT2D eigenvalue weighted by Gasteiger charge is -2.34. The van der Waals surface area contributed by atoms with E-state index in [1.807, 2.05) is 49.4 Å². The number of amides is 3. The second-order valence-corrected chi connectivity index (χ2v) is 10.3. The van der Waals surface area contributed by atoms with Crippen LogP contribution >= 0.6 is 0 Å². The number of alkyl carbamates (subject to hydrolysis) is 1. The molecule has 0 aliphatic heterocycles. The molecule has 3 N–H and O–H groups in total. The molecule has 3 rings (SSSR count). The predicted octanol–water partition coefficient (Wildman–Crippen LogP) is 5.36. The van der Waals surface area contributed by atoms with Crippen LogP contribution in [0.15, 0.2) is 78.9 Å². The van der Waals surface area contributed by atoms with Gasteiger partial charge >= 0.3 is 6.09 Å². The number of hydrogen-bond donors (Lipinski definition) is 3. The van der Waals surface area contributed by atoms with Crippen LogP contribution in [-0.2, 0) is 20.7 Å². The molecule has 0 radical (unpaired) electrons. The number of benzene rings is 3. The van der Waals surface area contributed by atoms with Gasteiger partial charge in [0.15, 0.2) is 0 Å². The fourth-order valence-electron chi connectivity index (χ4n) is 4.21. The zero-order chi connectivity index (χ0) is 28.6. The Morgan fingerprint density at radius 1 is 0.923 bits per heavy atom. The number of carbonyl (C=O) groups excluding carboxylic acids is 3. The first-order valence-corrected chi connectivity index (χ1v) is 13.0. The zero-order valence-electron chi connectivity index (χ0n) is 23.1. The molecule has 3 aromatic carbocycles. The van der Waals surface area contributed by atoms with E-state index in [4.69, 9.17) is 4.74 Å². The first-order chi connectivity index (χ1) is 18.5. The number of aryl methyl sites for hydroxylation is 1. The molecular formula is C31H37N3O5. The Labute approximate surface area is 230 Å². The minimum absolute atomic E-state index is 0.0916. The second-order valence-electron chi connectivity index (χ2n) is 10.3. The Morgan fingerprint density at radius 2 is 1.54 bits per heavy atom. The van der Waals surface area contributed by atoms with Crippen molar-refractivity contribution < 1.29 is 24.2 Å². The third kappa shape index (κ3) is 8.33. The van der Waals surface area contributed by atoms with Crippen LogP contribution in [0.1, 0.15) is 50.4 Å². The van der Waals surface area contributed by atoms with Crippen LogP contribution in [0.5, 0.6) is 5.75 Å². The number of likely N-dealkylation sites (N-methyl/N-ethyl adjacent to an activating group) is 1. The molecule has 39 heavy (non-hydrogen) atoms. The predicted molar refractivity (Wildman–Crippen MR) is 151 cm³/mol. The molecule has 0 fully saturated rings. The van der Waals surface area contributed by atoms with Gasteiger partial charge in [-0.15, -0.1) is 0 Å². The number of anilines is 1. The topological polar surface area (TPSA) is 108 Å². The zero-order valence-corrected chi connectivity index (χ0v) is 23.1. The molecule has 0 bridgehead atoms. The van der Waals surface area contributed by atoms with Crippen molar-refractivity contribution in [2.75, 3.05) is 11.9 Å². The third-order valence-corrected chi connectivity index (χ3v) is 6.07. The van der Waals surface area contributed by atoms with E-state index in [1.54, 1.807) is 52.0 Å². The molecule has 2 unspecified atom stereocenters. The van der Waals surface area contributed by atoms with Crippen LogP contribution in [0.3, 0.4) is 0 Å². The molecule has 0 spiro atoms. The van der Waals surface area contributed by atoms with Gasteiger partial charge in [-0.25, -0.2) is 4.79 Å². The summed E-state index contributed by atoms with van der Waals surface area (Å²) in [6, 6.07) is 20.9. The van der Waals surface area contributed by atoms with Gasteiger partial charge in [-0.05, 0) is 69.5 Å². The van der Waals surface area contributed by atoms with Gasteiger partial charge in [0.2, 0.25) is 5.91 Å². The summed E-state index contributed by atoms with van der Waals surface area (Å²) in [5.41, 5.74) is 2.14. The summed E-state index contributed by atoms with van der Waals surface area (Å²) in [5, 5.41) is 15.4. The highest BCUT2D eigenvalue weighted by atomic mass is 16.6. The molecule has 206 valence electrons.